The average Bonchev–Trinajstić information content (AvgIpc) is 2.47. The molecule has 1 aliphatic rings. The summed E-state index contributed by atoms with van der Waals surface area (Å²) in [6.45, 7) is 0. The van der Waals surface area contributed by atoms with E-state index >= 15 is 0 Å². The van der Waals surface area contributed by atoms with E-state index in [2.05, 4.69) is 12.1 Å². The molecule has 0 amide bonds. The summed E-state index contributed by atoms with van der Waals surface area (Å²) in [6.07, 6.45) is 1.98. The van der Waals surface area contributed by atoms with E-state index < -0.39 is 0 Å². The molecule has 0 radical (unpaired) electrons. The van der Waals surface area contributed by atoms with Crippen molar-refractivity contribution in [3.05, 3.63) is 70.8 Å². The van der Waals surface area contributed by atoms with Crippen molar-refractivity contribution in [1.82, 2.24) is 0 Å². The predicted molar refractivity (Wildman–Crippen MR) is 74.4 cm³/mol. The summed E-state index contributed by atoms with van der Waals surface area (Å²) < 4.78 is 0. The molecule has 2 atom stereocenters. The molecule has 0 bridgehead atoms. The lowest BCUT2D eigenvalue weighted by atomic mass is 9.77. The van der Waals surface area contributed by atoms with Crippen LogP contribution in [0.4, 0.5) is 0 Å². The maximum atomic E-state index is 11.0. The van der Waals surface area contributed by atoms with Gasteiger partial charge < -0.3 is 5.11 Å². The summed E-state index contributed by atoms with van der Waals surface area (Å²) in [5.74, 6) is 0.180. The summed E-state index contributed by atoms with van der Waals surface area (Å²) in [4.78, 5) is 11.0. The predicted octanol–water partition coefficient (Wildman–Crippen LogP) is 2.94. The maximum absolute atomic E-state index is 11.0. The van der Waals surface area contributed by atoms with Crippen LogP contribution >= 0.6 is 0 Å². The van der Waals surface area contributed by atoms with Crippen molar-refractivity contribution in [2.75, 3.05) is 0 Å². The van der Waals surface area contributed by atoms with Crippen LogP contribution in [0.25, 0.3) is 0 Å². The smallest absolute Gasteiger partial charge is 0.150 e. The highest BCUT2D eigenvalue weighted by Crippen LogP contribution is 2.37. The Kier molecular flexibility index (Phi) is 3.18. The van der Waals surface area contributed by atoms with E-state index in [1.165, 1.54) is 11.1 Å². The van der Waals surface area contributed by atoms with Gasteiger partial charge in [-0.3, -0.25) is 4.79 Å². The van der Waals surface area contributed by atoms with Crippen LogP contribution in [0.2, 0.25) is 0 Å². The lowest BCUT2D eigenvalue weighted by molar-refractivity contribution is 0.112. The average molecular weight is 252 g/mol. The molecule has 0 fully saturated rings. The number of carbonyl (C=O) groups excluding carboxylic acids is 1. The minimum atomic E-state index is -0.306. The van der Waals surface area contributed by atoms with Crippen LogP contribution in [-0.2, 0) is 6.42 Å². The molecule has 2 aromatic carbocycles. The Hall–Kier alpha value is -1.93. The molecule has 0 heterocycles. The van der Waals surface area contributed by atoms with Gasteiger partial charge in [0.05, 0.1) is 6.10 Å². The third-order valence-electron chi connectivity index (χ3n) is 3.85. The van der Waals surface area contributed by atoms with Crippen molar-refractivity contribution in [1.29, 1.82) is 0 Å². The molecule has 2 nitrogen and oxygen atoms in total. The second kappa shape index (κ2) is 4.98. The van der Waals surface area contributed by atoms with Crippen LogP contribution < -0.4 is 0 Å². The van der Waals surface area contributed by atoms with Crippen molar-refractivity contribution >= 4 is 6.29 Å². The lowest BCUT2D eigenvalue weighted by Crippen LogP contribution is -2.23. The van der Waals surface area contributed by atoms with E-state index in [0.717, 1.165) is 18.3 Å². The number of aliphatic hydroxyl groups is 1. The first-order chi connectivity index (χ1) is 9.28. The molecule has 0 spiro atoms. The number of carbonyl (C=O) groups is 1. The Morgan fingerprint density at radius 1 is 1.11 bits per heavy atom. The molecule has 0 saturated heterocycles. The third-order valence-corrected chi connectivity index (χ3v) is 3.85. The number of hydrogen-bond acceptors (Lipinski definition) is 2. The van der Waals surface area contributed by atoms with Gasteiger partial charge in [-0.15, -0.1) is 0 Å². The first-order valence-electron chi connectivity index (χ1n) is 6.59. The summed E-state index contributed by atoms with van der Waals surface area (Å²) >= 11 is 0. The molecule has 2 heteroatoms. The molecule has 1 N–H and O–H groups in total. The van der Waals surface area contributed by atoms with Crippen LogP contribution in [0.5, 0.6) is 0 Å². The van der Waals surface area contributed by atoms with E-state index in [1.807, 2.05) is 36.4 Å². The van der Waals surface area contributed by atoms with Gasteiger partial charge in [-0.2, -0.15) is 0 Å². The van der Waals surface area contributed by atoms with E-state index in [1.54, 1.807) is 0 Å². The zero-order chi connectivity index (χ0) is 13.2. The van der Waals surface area contributed by atoms with Gasteiger partial charge in [-0.05, 0) is 35.6 Å². The molecule has 0 aromatic heterocycles. The quantitative estimate of drug-likeness (QED) is 0.834. The SMILES string of the molecule is O=Cc1ccc2c(c1)C(c1ccccc1)CC(O)C2. The second-order valence-corrected chi connectivity index (χ2v) is 5.13. The summed E-state index contributed by atoms with van der Waals surface area (Å²) in [5, 5.41) is 10.0. The lowest BCUT2D eigenvalue weighted by Gasteiger charge is -2.29. The first kappa shape index (κ1) is 12.1. The first-order valence-corrected chi connectivity index (χ1v) is 6.59. The fraction of sp³-hybridized carbons (Fsp3) is 0.235. The Morgan fingerprint density at radius 3 is 2.63 bits per heavy atom. The third kappa shape index (κ3) is 2.32. The van der Waals surface area contributed by atoms with Crippen LogP contribution in [0.1, 0.15) is 39.4 Å². The number of fused-ring (bicyclic) bond motifs is 1. The van der Waals surface area contributed by atoms with Crippen molar-refractivity contribution in [2.24, 2.45) is 0 Å². The molecule has 19 heavy (non-hydrogen) atoms. The van der Waals surface area contributed by atoms with Gasteiger partial charge in [0.15, 0.2) is 0 Å². The van der Waals surface area contributed by atoms with Crippen LogP contribution in [-0.4, -0.2) is 17.5 Å². The number of hydrogen-bond donors (Lipinski definition) is 1. The normalized spacial score (nSPS) is 21.7. The Labute approximate surface area is 112 Å². The molecule has 2 unspecified atom stereocenters. The monoisotopic (exact) mass is 252 g/mol. The largest absolute Gasteiger partial charge is 0.393 e. The zero-order valence-electron chi connectivity index (χ0n) is 10.6. The van der Waals surface area contributed by atoms with Crippen molar-refractivity contribution in [2.45, 2.75) is 24.9 Å². The second-order valence-electron chi connectivity index (χ2n) is 5.13. The zero-order valence-corrected chi connectivity index (χ0v) is 10.6. The highest BCUT2D eigenvalue weighted by atomic mass is 16.3. The van der Waals surface area contributed by atoms with Gasteiger partial charge in [0, 0.05) is 11.5 Å². The molecular formula is C17H16O2. The minimum absolute atomic E-state index is 0.180. The van der Waals surface area contributed by atoms with E-state index in [-0.39, 0.29) is 12.0 Å². The van der Waals surface area contributed by atoms with Gasteiger partial charge in [0.1, 0.15) is 6.29 Å². The van der Waals surface area contributed by atoms with Gasteiger partial charge in [-0.1, -0.05) is 42.5 Å². The molecule has 1 aliphatic carbocycles. The van der Waals surface area contributed by atoms with E-state index in [9.17, 15) is 9.90 Å². The molecule has 0 saturated carbocycles. The van der Waals surface area contributed by atoms with E-state index in [0.29, 0.717) is 12.0 Å². The molecule has 2 aromatic rings. The van der Waals surface area contributed by atoms with Crippen molar-refractivity contribution in [3.63, 3.8) is 0 Å². The van der Waals surface area contributed by atoms with Crippen molar-refractivity contribution in [3.8, 4) is 0 Å². The molecule has 96 valence electrons. The number of aliphatic hydroxyl groups excluding tert-OH is 1. The minimum Gasteiger partial charge on any atom is -0.393 e. The Balaban J connectivity index is 2.10. The summed E-state index contributed by atoms with van der Waals surface area (Å²) in [6, 6.07) is 15.9. The number of aldehydes is 1. The Bertz CT molecular complexity index is 589. The number of rotatable bonds is 2. The van der Waals surface area contributed by atoms with Crippen LogP contribution in [0, 0.1) is 0 Å². The van der Waals surface area contributed by atoms with Gasteiger partial charge in [0.2, 0.25) is 0 Å². The van der Waals surface area contributed by atoms with Gasteiger partial charge in [0.25, 0.3) is 0 Å². The summed E-state index contributed by atoms with van der Waals surface area (Å²) in [5.41, 5.74) is 4.24. The highest BCUT2D eigenvalue weighted by Gasteiger charge is 2.26. The van der Waals surface area contributed by atoms with Gasteiger partial charge >= 0.3 is 0 Å². The molecular weight excluding hydrogens is 236 g/mol. The van der Waals surface area contributed by atoms with Crippen molar-refractivity contribution < 1.29 is 9.90 Å². The van der Waals surface area contributed by atoms with Crippen LogP contribution in [0.15, 0.2) is 48.5 Å². The summed E-state index contributed by atoms with van der Waals surface area (Å²) in [7, 11) is 0. The van der Waals surface area contributed by atoms with Gasteiger partial charge in [-0.25, -0.2) is 0 Å². The van der Waals surface area contributed by atoms with Crippen LogP contribution in [0.3, 0.4) is 0 Å². The molecule has 0 aliphatic heterocycles. The maximum Gasteiger partial charge on any atom is 0.150 e. The fourth-order valence-corrected chi connectivity index (χ4v) is 2.93. The van der Waals surface area contributed by atoms with E-state index in [4.69, 9.17) is 0 Å². The highest BCUT2D eigenvalue weighted by molar-refractivity contribution is 5.75. The standard InChI is InChI=1S/C17H16O2/c18-11-12-6-7-14-9-15(19)10-17(16(14)8-12)13-4-2-1-3-5-13/h1-8,11,15,17,19H,9-10H2. The Morgan fingerprint density at radius 2 is 1.89 bits per heavy atom. The topological polar surface area (TPSA) is 37.3 Å². The molecule has 3 rings (SSSR count). The fourth-order valence-electron chi connectivity index (χ4n) is 2.93. The number of benzene rings is 2.